The molecule has 1 aliphatic heterocycles. The zero-order chi connectivity index (χ0) is 21.4. The SMILES string of the molecule is CCNC(=NCc1ccc(OCC(F)(F)F)cc1)NC1CCN(c2cccs2)CC1. The van der Waals surface area contributed by atoms with Gasteiger partial charge in [-0.05, 0) is 55.0 Å². The molecule has 2 aromatic rings. The first-order valence-corrected chi connectivity index (χ1v) is 10.9. The Morgan fingerprint density at radius 2 is 1.93 bits per heavy atom. The molecule has 1 fully saturated rings. The van der Waals surface area contributed by atoms with Crippen molar-refractivity contribution in [3.05, 3.63) is 47.3 Å². The van der Waals surface area contributed by atoms with Gasteiger partial charge in [0.15, 0.2) is 12.6 Å². The van der Waals surface area contributed by atoms with E-state index in [0.29, 0.717) is 12.6 Å². The van der Waals surface area contributed by atoms with Crippen molar-refractivity contribution in [2.24, 2.45) is 4.99 Å². The summed E-state index contributed by atoms with van der Waals surface area (Å²) < 4.78 is 41.4. The topological polar surface area (TPSA) is 48.9 Å². The van der Waals surface area contributed by atoms with Crippen LogP contribution in [-0.2, 0) is 6.54 Å². The number of alkyl halides is 3. The molecule has 1 aliphatic rings. The number of nitrogens with zero attached hydrogens (tertiary/aromatic N) is 2. The van der Waals surface area contributed by atoms with Crippen LogP contribution >= 0.6 is 11.3 Å². The highest BCUT2D eigenvalue weighted by molar-refractivity contribution is 7.14. The first kappa shape index (κ1) is 22.3. The van der Waals surface area contributed by atoms with Crippen LogP contribution in [0.25, 0.3) is 0 Å². The van der Waals surface area contributed by atoms with Crippen molar-refractivity contribution in [1.82, 2.24) is 10.6 Å². The molecule has 2 N–H and O–H groups in total. The number of ether oxygens (including phenoxy) is 1. The molecule has 1 aromatic carbocycles. The van der Waals surface area contributed by atoms with E-state index in [1.165, 1.54) is 17.1 Å². The average Bonchev–Trinajstić information content (AvgIpc) is 3.26. The molecule has 0 spiro atoms. The second kappa shape index (κ2) is 10.6. The van der Waals surface area contributed by atoms with Crippen molar-refractivity contribution in [2.75, 3.05) is 31.1 Å². The lowest BCUT2D eigenvalue weighted by Crippen LogP contribution is -2.48. The molecule has 30 heavy (non-hydrogen) atoms. The molecule has 0 atom stereocenters. The van der Waals surface area contributed by atoms with Gasteiger partial charge in [-0.2, -0.15) is 13.2 Å². The van der Waals surface area contributed by atoms with Crippen molar-refractivity contribution in [3.63, 3.8) is 0 Å². The molecular weight excluding hydrogens is 413 g/mol. The van der Waals surface area contributed by atoms with Gasteiger partial charge in [-0.3, -0.25) is 0 Å². The number of guanidine groups is 1. The Kier molecular flexibility index (Phi) is 7.84. The molecule has 0 radical (unpaired) electrons. The van der Waals surface area contributed by atoms with Gasteiger partial charge in [0.1, 0.15) is 5.75 Å². The summed E-state index contributed by atoms with van der Waals surface area (Å²) in [6.07, 6.45) is -2.27. The van der Waals surface area contributed by atoms with Crippen molar-refractivity contribution in [3.8, 4) is 5.75 Å². The summed E-state index contributed by atoms with van der Waals surface area (Å²) in [5.74, 6) is 0.951. The molecular formula is C21H27F3N4OS. The number of piperidine rings is 1. The summed E-state index contributed by atoms with van der Waals surface area (Å²) in [6, 6.07) is 11.1. The van der Waals surface area contributed by atoms with Crippen LogP contribution in [0, 0.1) is 0 Å². The Morgan fingerprint density at radius 3 is 2.53 bits per heavy atom. The average molecular weight is 441 g/mol. The highest BCUT2D eigenvalue weighted by Crippen LogP contribution is 2.25. The number of nitrogens with one attached hydrogen (secondary N) is 2. The van der Waals surface area contributed by atoms with E-state index in [0.717, 1.165) is 44.0 Å². The Hall–Kier alpha value is -2.42. The van der Waals surface area contributed by atoms with Crippen LogP contribution in [0.2, 0.25) is 0 Å². The van der Waals surface area contributed by atoms with Gasteiger partial charge in [-0.1, -0.05) is 12.1 Å². The van der Waals surface area contributed by atoms with Gasteiger partial charge < -0.3 is 20.3 Å². The monoisotopic (exact) mass is 440 g/mol. The highest BCUT2D eigenvalue weighted by atomic mass is 32.1. The van der Waals surface area contributed by atoms with E-state index >= 15 is 0 Å². The summed E-state index contributed by atoms with van der Waals surface area (Å²) in [7, 11) is 0. The van der Waals surface area contributed by atoms with Gasteiger partial charge >= 0.3 is 6.18 Å². The number of thiophene rings is 1. The number of rotatable bonds is 7. The minimum Gasteiger partial charge on any atom is -0.484 e. The van der Waals surface area contributed by atoms with Crippen LogP contribution in [0.4, 0.5) is 18.2 Å². The van der Waals surface area contributed by atoms with Crippen LogP contribution in [0.3, 0.4) is 0 Å². The maximum absolute atomic E-state index is 12.2. The minimum atomic E-state index is -4.34. The fourth-order valence-electron chi connectivity index (χ4n) is 3.23. The molecule has 0 saturated carbocycles. The summed E-state index contributed by atoms with van der Waals surface area (Å²) in [5, 5.41) is 10.2. The van der Waals surface area contributed by atoms with E-state index in [1.54, 1.807) is 23.5 Å². The molecule has 1 saturated heterocycles. The van der Waals surface area contributed by atoms with Gasteiger partial charge in [0.2, 0.25) is 0 Å². The summed E-state index contributed by atoms with van der Waals surface area (Å²) in [6.45, 7) is 3.94. The molecule has 9 heteroatoms. The van der Waals surface area contributed by atoms with Crippen LogP contribution in [0.15, 0.2) is 46.8 Å². The second-order valence-corrected chi connectivity index (χ2v) is 8.03. The summed E-state index contributed by atoms with van der Waals surface area (Å²) in [4.78, 5) is 7.04. The molecule has 164 valence electrons. The van der Waals surface area contributed by atoms with Crippen LogP contribution in [0.5, 0.6) is 5.75 Å². The van der Waals surface area contributed by atoms with Gasteiger partial charge in [-0.15, -0.1) is 11.3 Å². The van der Waals surface area contributed by atoms with Crippen molar-refractivity contribution >= 4 is 22.3 Å². The van der Waals surface area contributed by atoms with Gasteiger partial charge in [-0.25, -0.2) is 4.99 Å². The quantitative estimate of drug-likeness (QED) is 0.495. The molecule has 0 unspecified atom stereocenters. The summed E-state index contributed by atoms with van der Waals surface area (Å²) in [5.41, 5.74) is 0.902. The predicted molar refractivity (Wildman–Crippen MR) is 115 cm³/mol. The lowest BCUT2D eigenvalue weighted by Gasteiger charge is -2.33. The van der Waals surface area contributed by atoms with Crippen molar-refractivity contribution in [1.29, 1.82) is 0 Å². The number of halogens is 3. The van der Waals surface area contributed by atoms with Crippen LogP contribution < -0.4 is 20.3 Å². The van der Waals surface area contributed by atoms with Crippen molar-refractivity contribution < 1.29 is 17.9 Å². The number of benzene rings is 1. The lowest BCUT2D eigenvalue weighted by atomic mass is 10.1. The van der Waals surface area contributed by atoms with E-state index in [1.807, 2.05) is 6.92 Å². The third-order valence-electron chi connectivity index (χ3n) is 4.74. The van der Waals surface area contributed by atoms with E-state index in [2.05, 4.69) is 38.0 Å². The maximum atomic E-state index is 12.2. The minimum absolute atomic E-state index is 0.197. The predicted octanol–water partition coefficient (Wildman–Crippen LogP) is 4.41. The Labute approximate surface area is 179 Å². The van der Waals surface area contributed by atoms with E-state index in [4.69, 9.17) is 4.74 Å². The standard InChI is InChI=1S/C21H27F3N4OS/c1-2-25-20(27-17-9-11-28(12-10-17)19-4-3-13-30-19)26-14-16-5-7-18(8-6-16)29-15-21(22,23)24/h3-8,13,17H,2,9-12,14-15H2,1H3,(H2,25,26,27). The zero-order valence-corrected chi connectivity index (χ0v) is 17.7. The van der Waals surface area contributed by atoms with Gasteiger partial charge in [0.05, 0.1) is 11.5 Å². The first-order chi connectivity index (χ1) is 14.4. The van der Waals surface area contributed by atoms with E-state index < -0.39 is 12.8 Å². The first-order valence-electron chi connectivity index (χ1n) is 10.0. The number of aliphatic imine (C=N–C) groups is 1. The Balaban J connectivity index is 1.49. The Morgan fingerprint density at radius 1 is 1.20 bits per heavy atom. The van der Waals surface area contributed by atoms with E-state index in [-0.39, 0.29) is 5.75 Å². The maximum Gasteiger partial charge on any atom is 0.422 e. The van der Waals surface area contributed by atoms with Gasteiger partial charge in [0.25, 0.3) is 0 Å². The number of hydrogen-bond acceptors (Lipinski definition) is 4. The van der Waals surface area contributed by atoms with Crippen molar-refractivity contribution in [2.45, 2.75) is 38.5 Å². The molecule has 5 nitrogen and oxygen atoms in total. The number of anilines is 1. The third kappa shape index (κ3) is 7.12. The van der Waals surface area contributed by atoms with Crippen LogP contribution in [-0.4, -0.2) is 44.4 Å². The molecule has 3 rings (SSSR count). The largest absolute Gasteiger partial charge is 0.484 e. The Bertz CT molecular complexity index is 786. The molecule has 2 heterocycles. The number of hydrogen-bond donors (Lipinski definition) is 2. The second-order valence-electron chi connectivity index (χ2n) is 7.10. The van der Waals surface area contributed by atoms with E-state index in [9.17, 15) is 13.2 Å². The lowest BCUT2D eigenvalue weighted by molar-refractivity contribution is -0.153. The summed E-state index contributed by atoms with van der Waals surface area (Å²) >= 11 is 1.77. The molecule has 0 aliphatic carbocycles. The molecule has 0 amide bonds. The fourth-order valence-corrected chi connectivity index (χ4v) is 4.02. The normalized spacial score (nSPS) is 15.9. The highest BCUT2D eigenvalue weighted by Gasteiger charge is 2.28. The molecule has 1 aromatic heterocycles. The van der Waals surface area contributed by atoms with Crippen LogP contribution in [0.1, 0.15) is 25.3 Å². The zero-order valence-electron chi connectivity index (χ0n) is 16.9. The van der Waals surface area contributed by atoms with Gasteiger partial charge in [0, 0.05) is 25.7 Å². The molecule has 0 bridgehead atoms. The third-order valence-corrected chi connectivity index (χ3v) is 5.67. The fraction of sp³-hybridized carbons (Fsp3) is 0.476. The smallest absolute Gasteiger partial charge is 0.422 e.